The number of nitrogens with zero attached hydrogens (tertiary/aromatic N) is 3. The van der Waals surface area contributed by atoms with Crippen molar-refractivity contribution in [2.45, 2.75) is 31.8 Å². The van der Waals surface area contributed by atoms with Gasteiger partial charge in [-0.15, -0.1) is 10.2 Å². The molecule has 0 saturated heterocycles. The van der Waals surface area contributed by atoms with Gasteiger partial charge in [0.1, 0.15) is 11.6 Å². The minimum absolute atomic E-state index is 0.856. The van der Waals surface area contributed by atoms with Crippen molar-refractivity contribution in [1.29, 1.82) is 0 Å². The Morgan fingerprint density at radius 2 is 1.95 bits per heavy atom. The van der Waals surface area contributed by atoms with E-state index >= 15 is 0 Å². The summed E-state index contributed by atoms with van der Waals surface area (Å²) in [6, 6.07) is 7.96. The van der Waals surface area contributed by atoms with Crippen molar-refractivity contribution < 1.29 is 4.74 Å². The standard InChI is InChI=1S/C14H19N3OS/c1-4-5-10-19-14-16-15-11(2)17(14)12-6-8-13(18-3)9-7-12/h6-9H,4-5,10H2,1-3H3. The highest BCUT2D eigenvalue weighted by molar-refractivity contribution is 7.99. The minimum atomic E-state index is 0.856. The van der Waals surface area contributed by atoms with Crippen LogP contribution in [0.25, 0.3) is 5.69 Å². The molecule has 0 aliphatic carbocycles. The number of hydrogen-bond acceptors (Lipinski definition) is 4. The van der Waals surface area contributed by atoms with E-state index in [0.717, 1.165) is 28.2 Å². The SMILES string of the molecule is CCCCSc1nnc(C)n1-c1ccc(OC)cc1. The summed E-state index contributed by atoms with van der Waals surface area (Å²) in [4.78, 5) is 0. The largest absolute Gasteiger partial charge is 0.497 e. The maximum Gasteiger partial charge on any atom is 0.195 e. The lowest BCUT2D eigenvalue weighted by molar-refractivity contribution is 0.414. The number of aromatic nitrogens is 3. The molecule has 5 heteroatoms. The smallest absolute Gasteiger partial charge is 0.195 e. The van der Waals surface area contributed by atoms with Crippen molar-refractivity contribution >= 4 is 11.8 Å². The van der Waals surface area contributed by atoms with Crippen LogP contribution in [0.2, 0.25) is 0 Å². The molecule has 0 fully saturated rings. The Morgan fingerprint density at radius 1 is 1.21 bits per heavy atom. The first-order chi connectivity index (χ1) is 9.26. The highest BCUT2D eigenvalue weighted by atomic mass is 32.2. The number of thioether (sulfide) groups is 1. The molecule has 0 aliphatic heterocycles. The maximum absolute atomic E-state index is 5.18. The van der Waals surface area contributed by atoms with Crippen molar-refractivity contribution in [3.05, 3.63) is 30.1 Å². The van der Waals surface area contributed by atoms with Crippen LogP contribution < -0.4 is 4.74 Å². The molecular formula is C14H19N3OS. The van der Waals surface area contributed by atoms with Crippen molar-refractivity contribution in [2.75, 3.05) is 12.9 Å². The zero-order valence-electron chi connectivity index (χ0n) is 11.6. The third kappa shape index (κ3) is 3.29. The summed E-state index contributed by atoms with van der Waals surface area (Å²) in [5, 5.41) is 9.38. The van der Waals surface area contributed by atoms with Gasteiger partial charge in [-0.3, -0.25) is 4.57 Å². The molecule has 2 aromatic rings. The second-order valence-electron chi connectivity index (χ2n) is 4.27. The summed E-state index contributed by atoms with van der Waals surface area (Å²) in [5.74, 6) is 2.84. The molecule has 0 saturated carbocycles. The Balaban J connectivity index is 2.24. The van der Waals surface area contributed by atoms with Crippen molar-refractivity contribution in [3.8, 4) is 11.4 Å². The molecule has 4 nitrogen and oxygen atoms in total. The first kappa shape index (κ1) is 13.9. The molecular weight excluding hydrogens is 258 g/mol. The molecule has 0 radical (unpaired) electrons. The van der Waals surface area contributed by atoms with E-state index in [-0.39, 0.29) is 0 Å². The second kappa shape index (κ2) is 6.61. The number of aryl methyl sites for hydroxylation is 1. The molecule has 1 aromatic heterocycles. The average Bonchev–Trinajstić information content (AvgIpc) is 2.80. The lowest BCUT2D eigenvalue weighted by Crippen LogP contribution is -1.99. The summed E-state index contributed by atoms with van der Waals surface area (Å²) in [6.45, 7) is 4.17. The zero-order chi connectivity index (χ0) is 13.7. The van der Waals surface area contributed by atoms with Gasteiger partial charge < -0.3 is 4.74 Å². The Bertz CT molecular complexity index is 522. The molecule has 2 rings (SSSR count). The lowest BCUT2D eigenvalue weighted by atomic mass is 10.3. The number of benzene rings is 1. The normalized spacial score (nSPS) is 10.7. The number of rotatable bonds is 6. The van der Waals surface area contributed by atoms with Gasteiger partial charge >= 0.3 is 0 Å². The van der Waals surface area contributed by atoms with E-state index in [9.17, 15) is 0 Å². The summed E-state index contributed by atoms with van der Waals surface area (Å²) in [6.07, 6.45) is 2.39. The molecule has 102 valence electrons. The van der Waals surface area contributed by atoms with Crippen LogP contribution in [0, 0.1) is 6.92 Å². The summed E-state index contributed by atoms with van der Waals surface area (Å²) < 4.78 is 7.26. The van der Waals surface area contributed by atoms with Gasteiger partial charge in [-0.25, -0.2) is 0 Å². The van der Waals surface area contributed by atoms with Gasteiger partial charge in [-0.05, 0) is 37.6 Å². The van der Waals surface area contributed by atoms with Crippen LogP contribution in [-0.4, -0.2) is 27.6 Å². The summed E-state index contributed by atoms with van der Waals surface area (Å²) in [5.41, 5.74) is 1.07. The van der Waals surface area contributed by atoms with E-state index in [2.05, 4.69) is 21.7 Å². The topological polar surface area (TPSA) is 39.9 Å². The van der Waals surface area contributed by atoms with Crippen LogP contribution >= 0.6 is 11.8 Å². The number of unbranched alkanes of at least 4 members (excludes halogenated alkanes) is 1. The van der Waals surface area contributed by atoms with Crippen LogP contribution in [0.3, 0.4) is 0 Å². The molecule has 0 N–H and O–H groups in total. The predicted octanol–water partition coefficient (Wildman–Crippen LogP) is 3.48. The fraction of sp³-hybridized carbons (Fsp3) is 0.429. The van der Waals surface area contributed by atoms with E-state index in [1.54, 1.807) is 18.9 Å². The maximum atomic E-state index is 5.18. The molecule has 0 aliphatic rings. The molecule has 0 spiro atoms. The highest BCUT2D eigenvalue weighted by Gasteiger charge is 2.11. The van der Waals surface area contributed by atoms with Gasteiger partial charge in [0.15, 0.2) is 5.16 Å². The van der Waals surface area contributed by atoms with Crippen LogP contribution in [0.15, 0.2) is 29.4 Å². The first-order valence-electron chi connectivity index (χ1n) is 6.45. The fourth-order valence-electron chi connectivity index (χ4n) is 1.77. The van der Waals surface area contributed by atoms with Gasteiger partial charge in [0, 0.05) is 11.4 Å². The van der Waals surface area contributed by atoms with Gasteiger partial charge in [0.25, 0.3) is 0 Å². The molecule has 0 atom stereocenters. The minimum Gasteiger partial charge on any atom is -0.497 e. The third-order valence-corrected chi connectivity index (χ3v) is 3.87. The monoisotopic (exact) mass is 277 g/mol. The van der Waals surface area contributed by atoms with E-state index in [1.165, 1.54) is 12.8 Å². The molecule has 1 aromatic carbocycles. The summed E-state index contributed by atoms with van der Waals surface area (Å²) >= 11 is 1.76. The Labute approximate surface area is 118 Å². The molecule has 0 bridgehead atoms. The van der Waals surface area contributed by atoms with Gasteiger partial charge in [0.05, 0.1) is 7.11 Å². The van der Waals surface area contributed by atoms with Crippen molar-refractivity contribution in [3.63, 3.8) is 0 Å². The van der Waals surface area contributed by atoms with Crippen molar-refractivity contribution in [2.24, 2.45) is 0 Å². The quantitative estimate of drug-likeness (QED) is 0.598. The lowest BCUT2D eigenvalue weighted by Gasteiger charge is -2.09. The van der Waals surface area contributed by atoms with E-state index in [4.69, 9.17) is 4.74 Å². The third-order valence-electron chi connectivity index (χ3n) is 2.85. The molecule has 0 amide bonds. The zero-order valence-corrected chi connectivity index (χ0v) is 12.4. The first-order valence-corrected chi connectivity index (χ1v) is 7.44. The molecule has 19 heavy (non-hydrogen) atoms. The van der Waals surface area contributed by atoms with Crippen LogP contribution in [-0.2, 0) is 0 Å². The Hall–Kier alpha value is -1.49. The van der Waals surface area contributed by atoms with Gasteiger partial charge in [-0.1, -0.05) is 25.1 Å². The van der Waals surface area contributed by atoms with E-state index in [0.29, 0.717) is 0 Å². The number of hydrogen-bond donors (Lipinski definition) is 0. The fourth-order valence-corrected chi connectivity index (χ4v) is 2.85. The highest BCUT2D eigenvalue weighted by Crippen LogP contribution is 2.24. The van der Waals surface area contributed by atoms with Gasteiger partial charge in [0.2, 0.25) is 0 Å². The van der Waals surface area contributed by atoms with Crippen LogP contribution in [0.1, 0.15) is 25.6 Å². The Kier molecular flexibility index (Phi) is 4.85. The van der Waals surface area contributed by atoms with Crippen molar-refractivity contribution in [1.82, 2.24) is 14.8 Å². The molecule has 0 unspecified atom stereocenters. The van der Waals surface area contributed by atoms with E-state index in [1.807, 2.05) is 31.2 Å². The average molecular weight is 277 g/mol. The van der Waals surface area contributed by atoms with Gasteiger partial charge in [-0.2, -0.15) is 0 Å². The number of methoxy groups -OCH3 is 1. The Morgan fingerprint density at radius 3 is 2.58 bits per heavy atom. The second-order valence-corrected chi connectivity index (χ2v) is 5.33. The predicted molar refractivity (Wildman–Crippen MR) is 78.3 cm³/mol. The van der Waals surface area contributed by atoms with E-state index < -0.39 is 0 Å². The van der Waals surface area contributed by atoms with Crippen LogP contribution in [0.4, 0.5) is 0 Å². The summed E-state index contributed by atoms with van der Waals surface area (Å²) in [7, 11) is 1.67. The number of ether oxygens (including phenoxy) is 1. The van der Waals surface area contributed by atoms with Crippen LogP contribution in [0.5, 0.6) is 5.75 Å². The molecule has 1 heterocycles.